The molecule has 2 rings (SSSR count). The highest BCUT2D eigenvalue weighted by Gasteiger charge is 1.95. The maximum atomic E-state index is 10.3. The number of hydrogen-bond donors (Lipinski definition) is 1. The van der Waals surface area contributed by atoms with Crippen molar-refractivity contribution in [1.29, 1.82) is 0 Å². The SMILES string of the molecule is CC.O=Cc1cc2ccccc2[nH]1.[HH]. The molecule has 0 aliphatic heterocycles. The molecule has 1 N–H and O–H groups in total. The monoisotopic (exact) mass is 177 g/mol. The highest BCUT2D eigenvalue weighted by molar-refractivity contribution is 5.87. The molecule has 0 saturated heterocycles. The molecule has 13 heavy (non-hydrogen) atoms. The molecule has 0 aliphatic carbocycles. The van der Waals surface area contributed by atoms with Crippen molar-refractivity contribution < 1.29 is 6.22 Å². The van der Waals surface area contributed by atoms with Gasteiger partial charge < -0.3 is 4.98 Å². The molecule has 70 valence electrons. The zero-order valence-corrected chi connectivity index (χ0v) is 7.87. The van der Waals surface area contributed by atoms with E-state index in [0.29, 0.717) is 5.69 Å². The third-order valence-electron chi connectivity index (χ3n) is 1.68. The average molecular weight is 177 g/mol. The first kappa shape index (κ1) is 9.52. The quantitative estimate of drug-likeness (QED) is 0.666. The molecule has 2 aromatic rings. The summed E-state index contributed by atoms with van der Waals surface area (Å²) in [5, 5.41) is 1.08. The molecule has 0 spiro atoms. The summed E-state index contributed by atoms with van der Waals surface area (Å²) in [7, 11) is 0. The summed E-state index contributed by atoms with van der Waals surface area (Å²) in [6.45, 7) is 4.00. The van der Waals surface area contributed by atoms with Crippen LogP contribution in [0.5, 0.6) is 0 Å². The number of aromatic nitrogens is 1. The van der Waals surface area contributed by atoms with Crippen molar-refractivity contribution in [3.63, 3.8) is 0 Å². The number of para-hydroxylation sites is 1. The van der Waals surface area contributed by atoms with Crippen molar-refractivity contribution in [2.24, 2.45) is 0 Å². The molecule has 0 amide bonds. The standard InChI is InChI=1S/C9H7NO.C2H6.H2/c11-6-8-5-7-3-1-2-4-9(7)10-8;1-2;/h1-6,10H;1-2H3;1H. The number of rotatable bonds is 1. The van der Waals surface area contributed by atoms with Crippen LogP contribution in [0.1, 0.15) is 25.8 Å². The van der Waals surface area contributed by atoms with E-state index in [1.807, 2.05) is 44.2 Å². The molecule has 1 aromatic carbocycles. The summed E-state index contributed by atoms with van der Waals surface area (Å²) in [6, 6.07) is 9.64. The van der Waals surface area contributed by atoms with E-state index in [9.17, 15) is 4.79 Å². The van der Waals surface area contributed by atoms with Gasteiger partial charge in [0.1, 0.15) is 0 Å². The largest absolute Gasteiger partial charge is 0.352 e. The summed E-state index contributed by atoms with van der Waals surface area (Å²) in [4.78, 5) is 13.3. The van der Waals surface area contributed by atoms with E-state index in [4.69, 9.17) is 0 Å². The highest BCUT2D eigenvalue weighted by Crippen LogP contribution is 2.12. The number of hydrogen-bond acceptors (Lipinski definition) is 1. The number of aromatic amines is 1. The minimum absolute atomic E-state index is 0. The van der Waals surface area contributed by atoms with Crippen molar-refractivity contribution >= 4 is 17.2 Å². The summed E-state index contributed by atoms with van der Waals surface area (Å²) >= 11 is 0. The van der Waals surface area contributed by atoms with Crippen LogP contribution in [0.25, 0.3) is 10.9 Å². The first-order valence-corrected chi connectivity index (χ1v) is 4.43. The third kappa shape index (κ3) is 1.96. The Bertz CT molecular complexity index is 362. The molecule has 2 nitrogen and oxygen atoms in total. The first-order valence-electron chi connectivity index (χ1n) is 4.43. The van der Waals surface area contributed by atoms with Gasteiger partial charge in [0, 0.05) is 12.3 Å². The lowest BCUT2D eigenvalue weighted by molar-refractivity contribution is 0.112. The molecule has 0 radical (unpaired) electrons. The topological polar surface area (TPSA) is 32.9 Å². The molecule has 1 aromatic heterocycles. The van der Waals surface area contributed by atoms with Crippen molar-refractivity contribution in [3.05, 3.63) is 36.0 Å². The van der Waals surface area contributed by atoms with Crippen molar-refractivity contribution in [2.45, 2.75) is 13.8 Å². The smallest absolute Gasteiger partial charge is 0.166 e. The Balaban J connectivity index is 0.000000531. The molecular weight excluding hydrogens is 162 g/mol. The normalized spacial score (nSPS) is 9.08. The van der Waals surface area contributed by atoms with Gasteiger partial charge in [-0.2, -0.15) is 0 Å². The summed E-state index contributed by atoms with van der Waals surface area (Å²) < 4.78 is 0. The maximum absolute atomic E-state index is 10.3. The van der Waals surface area contributed by atoms with E-state index in [0.717, 1.165) is 17.2 Å². The second-order valence-electron chi connectivity index (χ2n) is 2.43. The molecule has 2 heteroatoms. The predicted octanol–water partition coefficient (Wildman–Crippen LogP) is 3.25. The van der Waals surface area contributed by atoms with Crippen LogP contribution in [0.3, 0.4) is 0 Å². The molecule has 1 heterocycles. The van der Waals surface area contributed by atoms with Crippen LogP contribution in [0.2, 0.25) is 0 Å². The minimum atomic E-state index is 0. The van der Waals surface area contributed by atoms with E-state index >= 15 is 0 Å². The first-order chi connectivity index (χ1) is 6.40. The summed E-state index contributed by atoms with van der Waals surface area (Å²) in [5.41, 5.74) is 1.64. The maximum Gasteiger partial charge on any atom is 0.166 e. The van der Waals surface area contributed by atoms with Gasteiger partial charge in [-0.25, -0.2) is 0 Å². The number of H-pyrrole nitrogens is 1. The Morgan fingerprint density at radius 3 is 2.62 bits per heavy atom. The number of carbonyl (C=O) groups is 1. The van der Waals surface area contributed by atoms with Crippen molar-refractivity contribution in [1.82, 2.24) is 4.98 Å². The number of benzene rings is 1. The lowest BCUT2D eigenvalue weighted by Crippen LogP contribution is -1.73. The predicted molar refractivity (Wildman–Crippen MR) is 57.1 cm³/mol. The van der Waals surface area contributed by atoms with Gasteiger partial charge in [-0.05, 0) is 12.1 Å². The molecule has 0 saturated carbocycles. The van der Waals surface area contributed by atoms with Gasteiger partial charge in [-0.3, -0.25) is 4.79 Å². The highest BCUT2D eigenvalue weighted by atomic mass is 16.1. The average Bonchev–Trinajstić information content (AvgIpc) is 2.63. The van der Waals surface area contributed by atoms with E-state index in [2.05, 4.69) is 4.98 Å². The molecule has 0 atom stereocenters. The van der Waals surface area contributed by atoms with E-state index in [1.54, 1.807) is 0 Å². The van der Waals surface area contributed by atoms with Gasteiger partial charge in [0.05, 0.1) is 5.69 Å². The fraction of sp³-hybridized carbons (Fsp3) is 0.182. The van der Waals surface area contributed by atoms with E-state index in [1.165, 1.54) is 0 Å². The zero-order chi connectivity index (χ0) is 9.68. The number of fused-ring (bicyclic) bond motifs is 1. The van der Waals surface area contributed by atoms with Gasteiger partial charge in [0.25, 0.3) is 0 Å². The molecule has 0 unspecified atom stereocenters. The summed E-state index contributed by atoms with van der Waals surface area (Å²) in [5.74, 6) is 0. The minimum Gasteiger partial charge on any atom is -0.352 e. The van der Waals surface area contributed by atoms with Crippen LogP contribution in [0.15, 0.2) is 30.3 Å². The second kappa shape index (κ2) is 4.45. The van der Waals surface area contributed by atoms with Gasteiger partial charge in [-0.1, -0.05) is 32.0 Å². The fourth-order valence-corrected chi connectivity index (χ4v) is 1.16. The van der Waals surface area contributed by atoms with Crippen LogP contribution >= 0.6 is 0 Å². The van der Waals surface area contributed by atoms with Crippen LogP contribution < -0.4 is 0 Å². The van der Waals surface area contributed by atoms with Crippen LogP contribution in [-0.4, -0.2) is 11.3 Å². The van der Waals surface area contributed by atoms with Gasteiger partial charge in [0.2, 0.25) is 0 Å². The Morgan fingerprint density at radius 1 is 1.31 bits per heavy atom. The van der Waals surface area contributed by atoms with Gasteiger partial charge in [-0.15, -0.1) is 0 Å². The fourth-order valence-electron chi connectivity index (χ4n) is 1.16. The van der Waals surface area contributed by atoms with Gasteiger partial charge in [0.15, 0.2) is 6.29 Å². The lowest BCUT2D eigenvalue weighted by atomic mass is 10.2. The molecule has 0 aliphatic rings. The van der Waals surface area contributed by atoms with Crippen LogP contribution in [0.4, 0.5) is 0 Å². The van der Waals surface area contributed by atoms with Crippen molar-refractivity contribution in [3.8, 4) is 0 Å². The third-order valence-corrected chi connectivity index (χ3v) is 1.68. The zero-order valence-electron chi connectivity index (χ0n) is 7.87. The van der Waals surface area contributed by atoms with Crippen molar-refractivity contribution in [2.75, 3.05) is 0 Å². The molecule has 0 fully saturated rings. The lowest BCUT2D eigenvalue weighted by Gasteiger charge is -1.83. The molecule has 0 bridgehead atoms. The Hall–Kier alpha value is -1.57. The Labute approximate surface area is 79.1 Å². The van der Waals surface area contributed by atoms with Gasteiger partial charge >= 0.3 is 0 Å². The van der Waals surface area contributed by atoms with E-state index in [-0.39, 0.29) is 1.43 Å². The second-order valence-corrected chi connectivity index (χ2v) is 2.43. The summed E-state index contributed by atoms with van der Waals surface area (Å²) in [6.07, 6.45) is 0.819. The van der Waals surface area contributed by atoms with Crippen LogP contribution in [0, 0.1) is 0 Å². The van der Waals surface area contributed by atoms with E-state index < -0.39 is 0 Å². The number of aldehydes is 1. The number of nitrogens with one attached hydrogen (secondary N) is 1. The van der Waals surface area contributed by atoms with Crippen LogP contribution in [-0.2, 0) is 0 Å². The molecular formula is C11H15NO. The Kier molecular flexibility index (Phi) is 3.26. The number of carbonyl (C=O) groups excluding carboxylic acids is 1. The Morgan fingerprint density at radius 2 is 2.00 bits per heavy atom.